The Bertz CT molecular complexity index is 1310. The van der Waals surface area contributed by atoms with Crippen LogP contribution in [0.5, 0.6) is 5.75 Å². The highest BCUT2D eigenvalue weighted by molar-refractivity contribution is 6.31. The zero-order chi connectivity index (χ0) is 22.5. The summed E-state index contributed by atoms with van der Waals surface area (Å²) >= 11 is 5.88. The van der Waals surface area contributed by atoms with Gasteiger partial charge >= 0.3 is 0 Å². The SMILES string of the molecule is COc1cc2ncnc(Nc3ccc(F)c(Cl)c3)c2cc1CC(=O)/C=C/c1ccccn1. The molecule has 0 saturated carbocycles. The Morgan fingerprint density at radius 3 is 2.78 bits per heavy atom. The normalized spacial score (nSPS) is 11.1. The Balaban J connectivity index is 1.65. The summed E-state index contributed by atoms with van der Waals surface area (Å²) in [7, 11) is 1.54. The second kappa shape index (κ2) is 9.53. The molecule has 6 nitrogen and oxygen atoms in total. The molecule has 32 heavy (non-hydrogen) atoms. The van der Waals surface area contributed by atoms with Crippen LogP contribution < -0.4 is 10.1 Å². The molecule has 0 aliphatic heterocycles. The Kier molecular flexibility index (Phi) is 6.37. The van der Waals surface area contributed by atoms with Crippen molar-refractivity contribution in [2.45, 2.75) is 6.42 Å². The number of hydrogen-bond acceptors (Lipinski definition) is 6. The molecule has 0 radical (unpaired) electrons. The monoisotopic (exact) mass is 448 g/mol. The van der Waals surface area contributed by atoms with Gasteiger partial charge in [0.15, 0.2) is 5.78 Å². The number of carbonyl (C=O) groups excluding carboxylic acids is 1. The van der Waals surface area contributed by atoms with Crippen LogP contribution in [-0.2, 0) is 11.2 Å². The van der Waals surface area contributed by atoms with Gasteiger partial charge in [0, 0.05) is 35.3 Å². The molecule has 160 valence electrons. The average Bonchev–Trinajstić information content (AvgIpc) is 2.81. The Morgan fingerprint density at radius 1 is 1.16 bits per heavy atom. The van der Waals surface area contributed by atoms with Crippen molar-refractivity contribution in [3.63, 3.8) is 0 Å². The van der Waals surface area contributed by atoms with E-state index in [-0.39, 0.29) is 17.2 Å². The van der Waals surface area contributed by atoms with Crippen LogP contribution in [0.15, 0.2) is 67.1 Å². The first-order chi connectivity index (χ1) is 15.5. The van der Waals surface area contributed by atoms with E-state index in [4.69, 9.17) is 16.3 Å². The molecular weight excluding hydrogens is 431 g/mol. The largest absolute Gasteiger partial charge is 0.496 e. The van der Waals surface area contributed by atoms with Crippen molar-refractivity contribution in [2.75, 3.05) is 12.4 Å². The van der Waals surface area contributed by atoms with E-state index in [0.717, 1.165) is 0 Å². The smallest absolute Gasteiger partial charge is 0.160 e. The number of nitrogens with one attached hydrogen (secondary N) is 1. The first-order valence-electron chi connectivity index (χ1n) is 9.69. The third-order valence-electron chi connectivity index (χ3n) is 4.71. The van der Waals surface area contributed by atoms with Crippen molar-refractivity contribution in [3.05, 3.63) is 89.2 Å². The van der Waals surface area contributed by atoms with E-state index in [1.54, 1.807) is 31.5 Å². The van der Waals surface area contributed by atoms with Crippen LogP contribution in [-0.4, -0.2) is 27.8 Å². The minimum atomic E-state index is -0.506. The van der Waals surface area contributed by atoms with E-state index < -0.39 is 5.82 Å². The molecule has 0 bridgehead atoms. The van der Waals surface area contributed by atoms with Gasteiger partial charge < -0.3 is 10.1 Å². The predicted octanol–water partition coefficient (Wildman–Crippen LogP) is 5.39. The van der Waals surface area contributed by atoms with Crippen LogP contribution in [0, 0.1) is 5.82 Å². The summed E-state index contributed by atoms with van der Waals surface area (Å²) in [6, 6.07) is 13.4. The van der Waals surface area contributed by atoms with Gasteiger partial charge in [0.05, 0.1) is 23.3 Å². The summed E-state index contributed by atoms with van der Waals surface area (Å²) in [4.78, 5) is 25.3. The number of allylic oxidation sites excluding steroid dienone is 1. The van der Waals surface area contributed by atoms with E-state index in [1.807, 2.05) is 24.3 Å². The van der Waals surface area contributed by atoms with E-state index in [0.29, 0.717) is 39.4 Å². The van der Waals surface area contributed by atoms with E-state index >= 15 is 0 Å². The fourth-order valence-corrected chi connectivity index (χ4v) is 3.35. The molecule has 2 heterocycles. The summed E-state index contributed by atoms with van der Waals surface area (Å²) in [6.45, 7) is 0. The number of ether oxygens (including phenoxy) is 1. The summed E-state index contributed by atoms with van der Waals surface area (Å²) in [5.41, 5.74) is 2.59. The number of benzene rings is 2. The standard InChI is InChI=1S/C24H18ClFN4O2/c1-32-23-13-22-19(11-15(23)10-18(31)7-5-16-4-2-3-9-27-16)24(29-14-28-22)30-17-6-8-21(26)20(25)12-17/h2-9,11-14H,10H2,1H3,(H,28,29,30)/b7-5+. The molecule has 2 aromatic carbocycles. The third kappa shape index (κ3) is 4.90. The zero-order valence-electron chi connectivity index (χ0n) is 17.0. The fourth-order valence-electron chi connectivity index (χ4n) is 3.17. The molecule has 2 aromatic heterocycles. The lowest BCUT2D eigenvalue weighted by molar-refractivity contribution is -0.114. The first-order valence-corrected chi connectivity index (χ1v) is 10.1. The molecule has 4 aromatic rings. The average molecular weight is 449 g/mol. The number of carbonyl (C=O) groups is 1. The maximum Gasteiger partial charge on any atom is 0.160 e. The lowest BCUT2D eigenvalue weighted by Gasteiger charge is -2.12. The molecule has 0 spiro atoms. The number of hydrogen-bond donors (Lipinski definition) is 1. The highest BCUT2D eigenvalue weighted by Crippen LogP contribution is 2.31. The van der Waals surface area contributed by atoms with Crippen LogP contribution in [0.2, 0.25) is 5.02 Å². The molecule has 0 aliphatic carbocycles. The number of halogens is 2. The minimum Gasteiger partial charge on any atom is -0.496 e. The Hall–Kier alpha value is -3.84. The molecule has 0 amide bonds. The van der Waals surface area contributed by atoms with E-state index in [2.05, 4.69) is 20.3 Å². The highest BCUT2D eigenvalue weighted by Gasteiger charge is 2.13. The van der Waals surface area contributed by atoms with Crippen LogP contribution >= 0.6 is 11.6 Å². The third-order valence-corrected chi connectivity index (χ3v) is 5.00. The van der Waals surface area contributed by atoms with Crippen LogP contribution in [0.4, 0.5) is 15.9 Å². The lowest BCUT2D eigenvalue weighted by Crippen LogP contribution is -2.03. The fraction of sp³-hybridized carbons (Fsp3) is 0.0833. The highest BCUT2D eigenvalue weighted by atomic mass is 35.5. The number of nitrogens with zero attached hydrogens (tertiary/aromatic N) is 3. The van der Waals surface area contributed by atoms with Gasteiger partial charge in [0.1, 0.15) is 23.7 Å². The van der Waals surface area contributed by atoms with Crippen molar-refractivity contribution in [2.24, 2.45) is 0 Å². The number of methoxy groups -OCH3 is 1. The number of ketones is 1. The Morgan fingerprint density at radius 2 is 2.03 bits per heavy atom. The minimum absolute atomic E-state index is 0.000935. The first kappa shape index (κ1) is 21.4. The molecular formula is C24H18ClFN4O2. The van der Waals surface area contributed by atoms with E-state index in [1.165, 1.54) is 24.5 Å². The van der Waals surface area contributed by atoms with E-state index in [9.17, 15) is 9.18 Å². The maximum atomic E-state index is 13.5. The second-order valence-electron chi connectivity index (χ2n) is 6.89. The lowest BCUT2D eigenvalue weighted by atomic mass is 10.0. The molecule has 1 N–H and O–H groups in total. The molecule has 0 saturated heterocycles. The Labute approximate surface area is 188 Å². The van der Waals surface area contributed by atoms with Gasteiger partial charge in [-0.25, -0.2) is 14.4 Å². The topological polar surface area (TPSA) is 77.0 Å². The molecule has 4 rings (SSSR count). The quantitative estimate of drug-likeness (QED) is 0.382. The number of anilines is 2. The van der Waals surface area contributed by atoms with Gasteiger partial charge in [-0.1, -0.05) is 17.7 Å². The van der Waals surface area contributed by atoms with Crippen LogP contribution in [0.3, 0.4) is 0 Å². The van der Waals surface area contributed by atoms with Gasteiger partial charge in [-0.15, -0.1) is 0 Å². The van der Waals surface area contributed by atoms with Crippen molar-refractivity contribution >= 4 is 45.9 Å². The molecule has 8 heteroatoms. The zero-order valence-corrected chi connectivity index (χ0v) is 17.8. The van der Waals surface area contributed by atoms with Gasteiger partial charge in [-0.2, -0.15) is 0 Å². The molecule has 0 aliphatic rings. The molecule has 0 unspecified atom stereocenters. The second-order valence-corrected chi connectivity index (χ2v) is 7.30. The summed E-state index contributed by atoms with van der Waals surface area (Å²) in [5, 5.41) is 3.82. The summed E-state index contributed by atoms with van der Waals surface area (Å²) in [5.74, 6) is 0.434. The summed E-state index contributed by atoms with van der Waals surface area (Å²) in [6.07, 6.45) is 6.37. The summed E-state index contributed by atoms with van der Waals surface area (Å²) < 4.78 is 19.0. The van der Waals surface area contributed by atoms with Crippen LogP contribution in [0.25, 0.3) is 17.0 Å². The van der Waals surface area contributed by atoms with Gasteiger partial charge in [0.2, 0.25) is 0 Å². The van der Waals surface area contributed by atoms with Crippen LogP contribution in [0.1, 0.15) is 11.3 Å². The van der Waals surface area contributed by atoms with Crippen molar-refractivity contribution in [3.8, 4) is 5.75 Å². The predicted molar refractivity (Wildman–Crippen MR) is 123 cm³/mol. The van der Waals surface area contributed by atoms with Gasteiger partial charge in [0.25, 0.3) is 0 Å². The van der Waals surface area contributed by atoms with Gasteiger partial charge in [-0.3, -0.25) is 9.78 Å². The number of aromatic nitrogens is 3. The number of fused-ring (bicyclic) bond motifs is 1. The van der Waals surface area contributed by atoms with Gasteiger partial charge in [-0.05, 0) is 48.6 Å². The van der Waals surface area contributed by atoms with Crippen molar-refractivity contribution in [1.29, 1.82) is 0 Å². The number of pyridine rings is 1. The maximum absolute atomic E-state index is 13.5. The van der Waals surface area contributed by atoms with Crippen molar-refractivity contribution < 1.29 is 13.9 Å². The molecule has 0 fully saturated rings. The van der Waals surface area contributed by atoms with Crippen molar-refractivity contribution in [1.82, 2.24) is 15.0 Å². The number of rotatable bonds is 7. The molecule has 0 atom stereocenters.